The lowest BCUT2D eigenvalue weighted by atomic mass is 9.98. The van der Waals surface area contributed by atoms with Crippen LogP contribution in [0.5, 0.6) is 11.5 Å². The minimum atomic E-state index is -3.96. The topological polar surface area (TPSA) is 68.4 Å². The summed E-state index contributed by atoms with van der Waals surface area (Å²) in [5, 5.41) is 1.12. The Hall–Kier alpha value is -3.25. The van der Waals surface area contributed by atoms with Gasteiger partial charge in [-0.05, 0) is 68.1 Å². The molecule has 164 valence electrons. The van der Waals surface area contributed by atoms with Crippen molar-refractivity contribution in [1.29, 1.82) is 0 Å². The predicted molar refractivity (Wildman–Crippen MR) is 125 cm³/mol. The molecule has 0 bridgehead atoms. The predicted octanol–water partition coefficient (Wildman–Crippen LogP) is 6.31. The van der Waals surface area contributed by atoms with E-state index < -0.39 is 10.1 Å². The number of nitrogens with one attached hydrogen (secondary N) is 1. The second-order valence-electron chi connectivity index (χ2n) is 8.16. The van der Waals surface area contributed by atoms with Crippen molar-refractivity contribution in [2.45, 2.75) is 43.1 Å². The summed E-state index contributed by atoms with van der Waals surface area (Å²) in [6.07, 6.45) is 5.42. The number of aromatic nitrogens is 1. The van der Waals surface area contributed by atoms with Crippen molar-refractivity contribution in [2.24, 2.45) is 0 Å². The fourth-order valence-corrected chi connectivity index (χ4v) is 5.14. The fraction of sp³-hybridized carbons (Fsp3) is 0.231. The molecule has 1 fully saturated rings. The zero-order chi connectivity index (χ0) is 22.0. The van der Waals surface area contributed by atoms with E-state index in [1.807, 2.05) is 30.3 Å². The first kappa shape index (κ1) is 20.6. The lowest BCUT2D eigenvalue weighted by molar-refractivity contribution is 0.152. The molecule has 0 unspecified atom stereocenters. The molecule has 3 aromatic carbocycles. The molecule has 0 spiro atoms. The van der Waals surface area contributed by atoms with Crippen LogP contribution in [0.1, 0.15) is 32.1 Å². The SMILES string of the molecule is O=S(=O)(Oc1ccc(-c2cc3ccccc3[nH]2)cc1OC1CCCCC1)c1ccccc1. The number of aromatic amines is 1. The van der Waals surface area contributed by atoms with Gasteiger partial charge in [-0.15, -0.1) is 0 Å². The second kappa shape index (κ2) is 8.71. The van der Waals surface area contributed by atoms with Crippen molar-refractivity contribution in [3.8, 4) is 22.8 Å². The van der Waals surface area contributed by atoms with Gasteiger partial charge < -0.3 is 13.9 Å². The van der Waals surface area contributed by atoms with Crippen LogP contribution < -0.4 is 8.92 Å². The molecule has 1 heterocycles. The third kappa shape index (κ3) is 4.36. The molecular formula is C26H25NO4S. The Bertz CT molecular complexity index is 1290. The molecule has 0 atom stereocenters. The Morgan fingerprint density at radius 2 is 1.53 bits per heavy atom. The zero-order valence-electron chi connectivity index (χ0n) is 17.7. The van der Waals surface area contributed by atoms with Crippen molar-refractivity contribution in [3.05, 3.63) is 78.9 Å². The summed E-state index contributed by atoms with van der Waals surface area (Å²) in [6, 6.07) is 23.7. The van der Waals surface area contributed by atoms with Crippen LogP contribution in [0.2, 0.25) is 0 Å². The van der Waals surface area contributed by atoms with Gasteiger partial charge in [0.15, 0.2) is 11.5 Å². The van der Waals surface area contributed by atoms with Crippen molar-refractivity contribution < 1.29 is 17.3 Å². The summed E-state index contributed by atoms with van der Waals surface area (Å²) >= 11 is 0. The number of hydrogen-bond donors (Lipinski definition) is 1. The highest BCUT2D eigenvalue weighted by Gasteiger charge is 2.22. The van der Waals surface area contributed by atoms with Gasteiger partial charge >= 0.3 is 10.1 Å². The summed E-state index contributed by atoms with van der Waals surface area (Å²) in [5.74, 6) is 0.659. The van der Waals surface area contributed by atoms with E-state index in [0.717, 1.165) is 47.8 Å². The summed E-state index contributed by atoms with van der Waals surface area (Å²) in [6.45, 7) is 0. The van der Waals surface area contributed by atoms with E-state index in [0.29, 0.717) is 5.75 Å². The third-order valence-electron chi connectivity index (χ3n) is 5.86. The summed E-state index contributed by atoms with van der Waals surface area (Å²) < 4.78 is 37.5. The molecule has 0 saturated heterocycles. The standard InChI is InChI=1S/C26H25NO4S/c28-32(29,22-12-5-2-6-13-22)31-25-16-15-20(18-26(25)30-21-10-3-1-4-11-21)24-17-19-9-7-8-14-23(19)27-24/h2,5-9,12-18,21,27H,1,3-4,10-11H2. The highest BCUT2D eigenvalue weighted by Crippen LogP contribution is 2.37. The number of fused-ring (bicyclic) bond motifs is 1. The zero-order valence-corrected chi connectivity index (χ0v) is 18.5. The normalized spacial score (nSPS) is 15.0. The Balaban J connectivity index is 1.51. The number of ether oxygens (including phenoxy) is 1. The van der Waals surface area contributed by atoms with E-state index in [9.17, 15) is 8.42 Å². The van der Waals surface area contributed by atoms with E-state index in [1.54, 1.807) is 24.3 Å². The molecular weight excluding hydrogens is 422 g/mol. The van der Waals surface area contributed by atoms with Gasteiger partial charge in [0.2, 0.25) is 0 Å². The first-order valence-corrected chi connectivity index (χ1v) is 12.4. The van der Waals surface area contributed by atoms with Crippen molar-refractivity contribution in [2.75, 3.05) is 0 Å². The largest absolute Gasteiger partial charge is 0.486 e. The average molecular weight is 448 g/mol. The minimum absolute atomic E-state index is 0.0588. The van der Waals surface area contributed by atoms with Crippen LogP contribution in [-0.2, 0) is 10.1 Å². The molecule has 0 radical (unpaired) electrons. The second-order valence-corrected chi connectivity index (χ2v) is 9.71. The van der Waals surface area contributed by atoms with Gasteiger partial charge in [0.1, 0.15) is 4.90 Å². The smallest absolute Gasteiger partial charge is 0.339 e. The molecule has 4 aromatic rings. The van der Waals surface area contributed by atoms with Crippen molar-refractivity contribution >= 4 is 21.0 Å². The number of para-hydroxylation sites is 1. The Morgan fingerprint density at radius 3 is 2.31 bits per heavy atom. The maximum Gasteiger partial charge on any atom is 0.339 e. The first-order valence-electron chi connectivity index (χ1n) is 11.0. The maximum atomic E-state index is 12.8. The van der Waals surface area contributed by atoms with Crippen LogP contribution in [-0.4, -0.2) is 19.5 Å². The van der Waals surface area contributed by atoms with Gasteiger partial charge in [-0.25, -0.2) is 0 Å². The van der Waals surface area contributed by atoms with Crippen LogP contribution >= 0.6 is 0 Å². The molecule has 5 rings (SSSR count). The van der Waals surface area contributed by atoms with Crippen molar-refractivity contribution in [1.82, 2.24) is 4.98 Å². The summed E-state index contributed by atoms with van der Waals surface area (Å²) in [4.78, 5) is 3.54. The van der Waals surface area contributed by atoms with E-state index in [4.69, 9.17) is 8.92 Å². The Kier molecular flexibility index (Phi) is 5.62. The van der Waals surface area contributed by atoms with Gasteiger partial charge in [-0.2, -0.15) is 8.42 Å². The van der Waals surface area contributed by atoms with Gasteiger partial charge in [0, 0.05) is 22.2 Å². The number of H-pyrrole nitrogens is 1. The fourth-order valence-electron chi connectivity index (χ4n) is 4.18. The van der Waals surface area contributed by atoms with Crippen molar-refractivity contribution in [3.63, 3.8) is 0 Å². The van der Waals surface area contributed by atoms with E-state index >= 15 is 0 Å². The van der Waals surface area contributed by atoms with Crippen LogP contribution in [0.3, 0.4) is 0 Å². The van der Waals surface area contributed by atoms with Gasteiger partial charge in [0.25, 0.3) is 0 Å². The number of hydrogen-bond acceptors (Lipinski definition) is 4. The Morgan fingerprint density at radius 1 is 0.781 bits per heavy atom. The molecule has 1 aliphatic carbocycles. The molecule has 1 saturated carbocycles. The van der Waals surface area contributed by atoms with Crippen LogP contribution in [0.15, 0.2) is 83.8 Å². The molecule has 1 N–H and O–H groups in total. The molecule has 1 aromatic heterocycles. The highest BCUT2D eigenvalue weighted by atomic mass is 32.2. The lowest BCUT2D eigenvalue weighted by Gasteiger charge is -2.24. The number of rotatable bonds is 6. The molecule has 6 heteroatoms. The average Bonchev–Trinajstić information content (AvgIpc) is 3.26. The molecule has 1 aliphatic rings. The van der Waals surface area contributed by atoms with Gasteiger partial charge in [0.05, 0.1) is 6.10 Å². The molecule has 5 nitrogen and oxygen atoms in total. The number of benzene rings is 3. The maximum absolute atomic E-state index is 12.8. The molecule has 0 aliphatic heterocycles. The summed E-state index contributed by atoms with van der Waals surface area (Å²) in [7, 11) is -3.96. The molecule has 32 heavy (non-hydrogen) atoms. The quantitative estimate of drug-likeness (QED) is 0.352. The molecule has 0 amide bonds. The van der Waals surface area contributed by atoms with Crippen LogP contribution in [0.4, 0.5) is 0 Å². The lowest BCUT2D eigenvalue weighted by Crippen LogP contribution is -2.20. The van der Waals surface area contributed by atoms with Gasteiger partial charge in [-0.1, -0.05) is 42.8 Å². The van der Waals surface area contributed by atoms with Crippen LogP contribution in [0.25, 0.3) is 22.2 Å². The summed E-state index contributed by atoms with van der Waals surface area (Å²) in [5.41, 5.74) is 2.90. The van der Waals surface area contributed by atoms with Gasteiger partial charge in [-0.3, -0.25) is 0 Å². The highest BCUT2D eigenvalue weighted by molar-refractivity contribution is 7.87. The first-order chi connectivity index (χ1) is 15.6. The van der Waals surface area contributed by atoms with E-state index in [1.165, 1.54) is 18.6 Å². The van der Waals surface area contributed by atoms with Crippen LogP contribution in [0, 0.1) is 0 Å². The monoisotopic (exact) mass is 447 g/mol. The van der Waals surface area contributed by atoms with E-state index in [2.05, 4.69) is 17.1 Å². The van der Waals surface area contributed by atoms with E-state index in [-0.39, 0.29) is 16.7 Å². The third-order valence-corrected chi connectivity index (χ3v) is 7.11. The Labute approximate surface area is 188 Å². The minimum Gasteiger partial charge on any atom is -0.486 e.